The van der Waals surface area contributed by atoms with E-state index in [0.29, 0.717) is 24.0 Å². The minimum atomic E-state index is -0.0938. The minimum Gasteiger partial charge on any atom is -0.501 e. The summed E-state index contributed by atoms with van der Waals surface area (Å²) in [5.41, 5.74) is 0. The van der Waals surface area contributed by atoms with E-state index in [-0.39, 0.29) is 11.8 Å². The number of carbonyl (C=O) groups excluding carboxylic acids is 1. The van der Waals surface area contributed by atoms with Crippen molar-refractivity contribution >= 4 is 5.78 Å². The molecule has 0 saturated heterocycles. The molecule has 0 aromatic carbocycles. The van der Waals surface area contributed by atoms with Crippen LogP contribution in [0.4, 0.5) is 0 Å². The first kappa shape index (κ1) is 12.5. The Morgan fingerprint density at radius 1 is 1.21 bits per heavy atom. The molecule has 0 aromatic heterocycles. The number of rotatable bonds is 2. The first-order chi connectivity index (χ1) is 9.24. The molecular weight excluding hydrogens is 240 g/mol. The fourth-order valence-electron chi connectivity index (χ4n) is 3.78. The summed E-state index contributed by atoms with van der Waals surface area (Å²) in [4.78, 5) is 12.4. The Morgan fingerprint density at radius 2 is 2.05 bits per heavy atom. The predicted molar refractivity (Wildman–Crippen MR) is 72.1 cm³/mol. The molecule has 0 aliphatic heterocycles. The van der Waals surface area contributed by atoms with Gasteiger partial charge in [-0.1, -0.05) is 12.2 Å². The quantitative estimate of drug-likeness (QED) is 0.766. The summed E-state index contributed by atoms with van der Waals surface area (Å²) in [6.07, 6.45) is 11.0. The van der Waals surface area contributed by atoms with E-state index in [1.807, 2.05) is 12.2 Å². The van der Waals surface area contributed by atoms with Crippen LogP contribution in [0.3, 0.4) is 0 Å². The molecule has 0 bridgehead atoms. The minimum absolute atomic E-state index is 0.0938. The van der Waals surface area contributed by atoms with Crippen molar-refractivity contribution in [2.24, 2.45) is 23.7 Å². The van der Waals surface area contributed by atoms with Crippen molar-refractivity contribution in [3.8, 4) is 0 Å². The maximum atomic E-state index is 12.4. The van der Waals surface area contributed by atoms with Gasteiger partial charge < -0.3 is 9.47 Å². The van der Waals surface area contributed by atoms with E-state index >= 15 is 0 Å². The van der Waals surface area contributed by atoms with Gasteiger partial charge in [-0.15, -0.1) is 0 Å². The molecular formula is C16H20O3. The lowest BCUT2D eigenvalue weighted by atomic mass is 9.61. The normalized spacial score (nSPS) is 36.8. The molecule has 3 aliphatic carbocycles. The fourth-order valence-corrected chi connectivity index (χ4v) is 3.78. The smallest absolute Gasteiger partial charge is 0.144 e. The molecule has 1 saturated carbocycles. The van der Waals surface area contributed by atoms with Gasteiger partial charge in [0.15, 0.2) is 0 Å². The molecule has 0 aromatic rings. The SMILES string of the molecule is COC1=C[C@H]2[C@@H](CC1)CC(=O)[C@H]1C(OC)=CC=C[C@H]12. The van der Waals surface area contributed by atoms with Crippen molar-refractivity contribution in [1.29, 1.82) is 0 Å². The molecule has 3 heteroatoms. The summed E-state index contributed by atoms with van der Waals surface area (Å²) >= 11 is 0. The summed E-state index contributed by atoms with van der Waals surface area (Å²) in [5, 5.41) is 0. The lowest BCUT2D eigenvalue weighted by Crippen LogP contribution is -2.42. The van der Waals surface area contributed by atoms with Gasteiger partial charge in [-0.2, -0.15) is 0 Å². The number of ketones is 1. The number of Topliss-reactive ketones (excluding diaryl/α,β-unsaturated/α-hetero) is 1. The van der Waals surface area contributed by atoms with Crippen LogP contribution in [0.1, 0.15) is 19.3 Å². The van der Waals surface area contributed by atoms with Crippen molar-refractivity contribution in [3.63, 3.8) is 0 Å². The van der Waals surface area contributed by atoms with Crippen LogP contribution in [0.5, 0.6) is 0 Å². The van der Waals surface area contributed by atoms with Crippen LogP contribution in [0.2, 0.25) is 0 Å². The lowest BCUT2D eigenvalue weighted by Gasteiger charge is -2.43. The van der Waals surface area contributed by atoms with Crippen LogP contribution in [0.15, 0.2) is 35.8 Å². The molecule has 3 aliphatic rings. The van der Waals surface area contributed by atoms with Gasteiger partial charge >= 0.3 is 0 Å². The zero-order valence-electron chi connectivity index (χ0n) is 11.5. The van der Waals surface area contributed by atoms with Gasteiger partial charge in [0.1, 0.15) is 11.5 Å². The van der Waals surface area contributed by atoms with Crippen LogP contribution >= 0.6 is 0 Å². The molecule has 0 unspecified atom stereocenters. The third-order valence-electron chi connectivity index (χ3n) is 4.72. The standard InChI is InChI=1S/C16H20O3/c1-18-11-7-6-10-8-14(17)16-12(13(10)9-11)4-3-5-15(16)19-2/h3-5,9-10,12-13,16H,6-8H2,1-2H3/t10-,12-,13-,16-/m0/s1. The summed E-state index contributed by atoms with van der Waals surface area (Å²) in [7, 11) is 3.38. The highest BCUT2D eigenvalue weighted by Gasteiger charge is 2.46. The van der Waals surface area contributed by atoms with Crippen molar-refractivity contribution in [2.45, 2.75) is 19.3 Å². The van der Waals surface area contributed by atoms with E-state index in [4.69, 9.17) is 9.47 Å². The summed E-state index contributed by atoms with van der Waals surface area (Å²) in [6.45, 7) is 0. The number of hydrogen-bond acceptors (Lipinski definition) is 3. The second-order valence-electron chi connectivity index (χ2n) is 5.60. The van der Waals surface area contributed by atoms with Crippen molar-refractivity contribution < 1.29 is 14.3 Å². The molecule has 0 amide bonds. The van der Waals surface area contributed by atoms with Gasteiger partial charge in [0, 0.05) is 18.8 Å². The highest BCUT2D eigenvalue weighted by Crippen LogP contribution is 2.47. The first-order valence-corrected chi connectivity index (χ1v) is 6.94. The third kappa shape index (κ3) is 2.01. The molecule has 1 fully saturated rings. The van der Waals surface area contributed by atoms with E-state index in [1.165, 1.54) is 0 Å². The number of methoxy groups -OCH3 is 2. The number of allylic oxidation sites excluding steroid dienone is 6. The number of fused-ring (bicyclic) bond motifs is 3. The van der Waals surface area contributed by atoms with Crippen molar-refractivity contribution in [3.05, 3.63) is 35.8 Å². The molecule has 0 spiro atoms. The highest BCUT2D eigenvalue weighted by molar-refractivity contribution is 5.85. The van der Waals surface area contributed by atoms with Crippen LogP contribution in [0.25, 0.3) is 0 Å². The van der Waals surface area contributed by atoms with E-state index in [9.17, 15) is 4.79 Å². The summed E-state index contributed by atoms with van der Waals surface area (Å²) < 4.78 is 10.8. The van der Waals surface area contributed by atoms with Crippen LogP contribution in [-0.4, -0.2) is 20.0 Å². The van der Waals surface area contributed by atoms with E-state index in [2.05, 4.69) is 12.2 Å². The van der Waals surface area contributed by atoms with Crippen LogP contribution in [-0.2, 0) is 14.3 Å². The third-order valence-corrected chi connectivity index (χ3v) is 4.72. The average Bonchev–Trinajstić information content (AvgIpc) is 2.46. The molecule has 0 N–H and O–H groups in total. The van der Waals surface area contributed by atoms with E-state index < -0.39 is 0 Å². The Bertz CT molecular complexity index is 472. The van der Waals surface area contributed by atoms with Crippen molar-refractivity contribution in [1.82, 2.24) is 0 Å². The highest BCUT2D eigenvalue weighted by atomic mass is 16.5. The maximum Gasteiger partial charge on any atom is 0.144 e. The van der Waals surface area contributed by atoms with Crippen LogP contribution < -0.4 is 0 Å². The zero-order valence-corrected chi connectivity index (χ0v) is 11.5. The molecule has 3 rings (SSSR count). The maximum absolute atomic E-state index is 12.4. The van der Waals surface area contributed by atoms with E-state index in [1.54, 1.807) is 14.2 Å². The van der Waals surface area contributed by atoms with E-state index in [0.717, 1.165) is 24.4 Å². The molecule has 102 valence electrons. The van der Waals surface area contributed by atoms with Gasteiger partial charge in [-0.05, 0) is 30.4 Å². The molecule has 19 heavy (non-hydrogen) atoms. The van der Waals surface area contributed by atoms with Crippen LogP contribution in [0, 0.1) is 23.7 Å². The van der Waals surface area contributed by atoms with Gasteiger partial charge in [-0.3, -0.25) is 4.79 Å². The van der Waals surface area contributed by atoms with Gasteiger partial charge in [0.2, 0.25) is 0 Å². The first-order valence-electron chi connectivity index (χ1n) is 6.94. The number of ether oxygens (including phenoxy) is 2. The Kier molecular flexibility index (Phi) is 3.21. The Labute approximate surface area is 114 Å². The fraction of sp³-hybridized carbons (Fsp3) is 0.562. The number of hydrogen-bond donors (Lipinski definition) is 0. The largest absolute Gasteiger partial charge is 0.501 e. The number of carbonyl (C=O) groups is 1. The Balaban J connectivity index is 1.95. The topological polar surface area (TPSA) is 35.5 Å². The average molecular weight is 260 g/mol. The van der Waals surface area contributed by atoms with Gasteiger partial charge in [0.25, 0.3) is 0 Å². The molecule has 0 radical (unpaired) electrons. The summed E-state index contributed by atoms with van der Waals surface area (Å²) in [6, 6.07) is 0. The van der Waals surface area contributed by atoms with Crippen molar-refractivity contribution in [2.75, 3.05) is 14.2 Å². The lowest BCUT2D eigenvalue weighted by molar-refractivity contribution is -0.129. The second-order valence-corrected chi connectivity index (χ2v) is 5.60. The van der Waals surface area contributed by atoms with Gasteiger partial charge in [0.05, 0.1) is 25.9 Å². The molecule has 0 heterocycles. The Morgan fingerprint density at radius 3 is 2.79 bits per heavy atom. The monoisotopic (exact) mass is 260 g/mol. The zero-order chi connectivity index (χ0) is 13.4. The second kappa shape index (κ2) is 4.87. The molecule has 4 atom stereocenters. The Hall–Kier alpha value is -1.51. The molecule has 3 nitrogen and oxygen atoms in total. The summed E-state index contributed by atoms with van der Waals surface area (Å²) in [5.74, 6) is 3.22. The van der Waals surface area contributed by atoms with Gasteiger partial charge in [-0.25, -0.2) is 0 Å². The predicted octanol–water partition coefficient (Wildman–Crippen LogP) is 2.85.